The summed E-state index contributed by atoms with van der Waals surface area (Å²) in [6, 6.07) is 22.3. The van der Waals surface area contributed by atoms with E-state index >= 15 is 0 Å². The molecule has 2 aliphatic rings. The Labute approximate surface area is 239 Å². The average Bonchev–Trinajstić information content (AvgIpc) is 3.65. The summed E-state index contributed by atoms with van der Waals surface area (Å²) in [5.74, 6) is 20.3. The van der Waals surface area contributed by atoms with Gasteiger partial charge in [0.2, 0.25) is 0 Å². The van der Waals surface area contributed by atoms with Gasteiger partial charge in [-0.05, 0) is 92.1 Å². The molecule has 3 aromatic carbocycles. The molecule has 0 spiro atoms. The Morgan fingerprint density at radius 1 is 0.568 bits per heavy atom. The van der Waals surface area contributed by atoms with Gasteiger partial charge in [0.1, 0.15) is 0 Å². The molecule has 0 radical (unpaired) electrons. The number of hydrogen-bond acceptors (Lipinski definition) is 1. The van der Waals surface area contributed by atoms with Crippen LogP contribution in [0, 0.1) is 48.4 Å². The molecule has 0 nitrogen and oxygen atoms in total. The Morgan fingerprint density at radius 2 is 1.03 bits per heavy atom. The first kappa shape index (κ1) is 28.8. The van der Waals surface area contributed by atoms with E-state index in [1.54, 1.807) is 0 Å². The third-order valence-corrected chi connectivity index (χ3v) is 7.00. The summed E-state index contributed by atoms with van der Waals surface area (Å²) in [7, 11) is 0. The summed E-state index contributed by atoms with van der Waals surface area (Å²) in [6.45, 7) is 2.08. The maximum atomic E-state index is 4.30. The first-order valence-electron chi connectivity index (χ1n) is 13.2. The minimum absolute atomic E-state index is 0. The van der Waals surface area contributed by atoms with E-state index in [1.165, 1.54) is 57.8 Å². The van der Waals surface area contributed by atoms with Crippen molar-refractivity contribution in [3.05, 3.63) is 100 Å². The fraction of sp³-hybridized carbons (Fsp3) is 0.314. The van der Waals surface area contributed by atoms with Gasteiger partial charge >= 0.3 is 0 Å². The van der Waals surface area contributed by atoms with Crippen LogP contribution in [0.2, 0.25) is 0 Å². The van der Waals surface area contributed by atoms with E-state index < -0.39 is 0 Å². The van der Waals surface area contributed by atoms with Crippen LogP contribution in [0.4, 0.5) is 0 Å². The van der Waals surface area contributed by atoms with Crippen LogP contribution in [0.1, 0.15) is 91.2 Å². The van der Waals surface area contributed by atoms with E-state index in [2.05, 4.69) is 85.4 Å². The van der Waals surface area contributed by atoms with E-state index in [1.807, 2.05) is 36.4 Å². The van der Waals surface area contributed by atoms with Gasteiger partial charge in [-0.1, -0.05) is 80.5 Å². The van der Waals surface area contributed by atoms with Gasteiger partial charge < -0.3 is 0 Å². The summed E-state index contributed by atoms with van der Waals surface area (Å²) in [6.07, 6.45) is 12.7. The van der Waals surface area contributed by atoms with E-state index in [4.69, 9.17) is 0 Å². The Hall–Kier alpha value is -2.79. The molecule has 3 aromatic rings. The predicted octanol–water partition coefficient (Wildman–Crippen LogP) is 8.57. The van der Waals surface area contributed by atoms with Crippen molar-refractivity contribution in [2.45, 2.75) is 69.6 Å². The number of rotatable bonds is 0. The quantitative estimate of drug-likeness (QED) is 0.164. The fourth-order valence-electron chi connectivity index (χ4n) is 4.49. The third kappa shape index (κ3) is 9.88. The van der Waals surface area contributed by atoms with Gasteiger partial charge in [0, 0.05) is 55.7 Å². The van der Waals surface area contributed by atoms with Crippen LogP contribution in [0.5, 0.6) is 0 Å². The van der Waals surface area contributed by atoms with Crippen LogP contribution in [0.25, 0.3) is 0 Å². The molecule has 0 aliphatic heterocycles. The van der Waals surface area contributed by atoms with Crippen molar-refractivity contribution in [3.63, 3.8) is 0 Å². The molecule has 188 valence electrons. The van der Waals surface area contributed by atoms with Crippen molar-refractivity contribution in [1.29, 1.82) is 0 Å². The molecular formula is C35H34FeS. The van der Waals surface area contributed by atoms with Crippen molar-refractivity contribution >= 4 is 12.6 Å². The fourth-order valence-corrected chi connectivity index (χ4v) is 4.64. The average molecular weight is 543 g/mol. The zero-order valence-electron chi connectivity index (χ0n) is 21.6. The molecular weight excluding hydrogens is 508 g/mol. The Kier molecular flexibility index (Phi) is 12.0. The zero-order chi connectivity index (χ0) is 25.0. The second-order valence-corrected chi connectivity index (χ2v) is 10.2. The maximum absolute atomic E-state index is 4.30. The van der Waals surface area contributed by atoms with Crippen LogP contribution in [-0.4, -0.2) is 0 Å². The summed E-state index contributed by atoms with van der Waals surface area (Å²) < 4.78 is 0. The van der Waals surface area contributed by atoms with Gasteiger partial charge in [-0.3, -0.25) is 0 Å². The second kappa shape index (κ2) is 15.5. The predicted molar refractivity (Wildman–Crippen MR) is 155 cm³/mol. The molecule has 0 heterocycles. The summed E-state index contributed by atoms with van der Waals surface area (Å²) in [4.78, 5) is 0.941. The molecule has 0 aromatic heterocycles. The van der Waals surface area contributed by atoms with Crippen molar-refractivity contribution in [1.82, 2.24) is 0 Å². The van der Waals surface area contributed by atoms with Gasteiger partial charge in [-0.25, -0.2) is 0 Å². The SMILES string of the molecule is C1CCCC1.Cc1cc(C#Cc2ccc(S)cc2)ccc1C#Cc1ccc(C#CC2CCCC2)cc1.[Fe]. The summed E-state index contributed by atoms with van der Waals surface area (Å²) in [5, 5.41) is 0. The monoisotopic (exact) mass is 542 g/mol. The Morgan fingerprint density at radius 3 is 1.59 bits per heavy atom. The molecule has 2 heteroatoms. The van der Waals surface area contributed by atoms with Crippen molar-refractivity contribution in [3.8, 4) is 35.5 Å². The molecule has 0 amide bonds. The summed E-state index contributed by atoms with van der Waals surface area (Å²) >= 11 is 4.30. The molecule has 0 bridgehead atoms. The number of hydrogen-bond donors (Lipinski definition) is 1. The maximum Gasteiger partial charge on any atom is 0.0279 e. The van der Waals surface area contributed by atoms with E-state index in [0.29, 0.717) is 5.92 Å². The molecule has 0 N–H and O–H groups in total. The van der Waals surface area contributed by atoms with Crippen LogP contribution in [0.15, 0.2) is 71.6 Å². The van der Waals surface area contributed by atoms with Crippen molar-refractivity contribution in [2.75, 3.05) is 0 Å². The number of thiol groups is 1. The van der Waals surface area contributed by atoms with Gasteiger partial charge in [0.15, 0.2) is 0 Å². The largest absolute Gasteiger partial charge is 0.143 e. The molecule has 0 saturated heterocycles. The van der Waals surface area contributed by atoms with E-state index in [0.717, 1.165) is 38.3 Å². The normalized spacial score (nSPS) is 13.9. The topological polar surface area (TPSA) is 0 Å². The van der Waals surface area contributed by atoms with E-state index in [9.17, 15) is 0 Å². The molecule has 0 atom stereocenters. The van der Waals surface area contributed by atoms with Gasteiger partial charge in [0.05, 0.1) is 0 Å². The molecule has 5 rings (SSSR count). The molecule has 0 unspecified atom stereocenters. The van der Waals surface area contributed by atoms with Crippen LogP contribution in [0.3, 0.4) is 0 Å². The first-order chi connectivity index (χ1) is 17.7. The Bertz CT molecular complexity index is 1310. The minimum atomic E-state index is 0. The zero-order valence-corrected chi connectivity index (χ0v) is 23.6. The van der Waals surface area contributed by atoms with Gasteiger partial charge in [0.25, 0.3) is 0 Å². The minimum Gasteiger partial charge on any atom is -0.143 e. The third-order valence-electron chi connectivity index (χ3n) is 6.70. The standard InChI is InChI=1S/C30H24S.C5H10.Fe/c1-23-22-28(13-12-27-16-20-30(31)21-17-27)15-19-29(23)18-14-26-10-8-25(9-11-26)7-6-24-4-2-3-5-24;1-2-4-5-3-1;/h8-11,15-17,19-22,24,31H,2-5H2,1H3;1-5H2;. The molecule has 2 saturated carbocycles. The number of aryl methyl sites for hydroxylation is 1. The van der Waals surface area contributed by atoms with Crippen molar-refractivity contribution < 1.29 is 17.1 Å². The van der Waals surface area contributed by atoms with Gasteiger partial charge in [-0.15, -0.1) is 12.6 Å². The van der Waals surface area contributed by atoms with Crippen LogP contribution >= 0.6 is 12.6 Å². The number of benzene rings is 3. The van der Waals surface area contributed by atoms with Crippen LogP contribution < -0.4 is 0 Å². The molecule has 2 fully saturated rings. The molecule has 37 heavy (non-hydrogen) atoms. The summed E-state index contributed by atoms with van der Waals surface area (Å²) in [5.41, 5.74) is 6.20. The first-order valence-corrected chi connectivity index (χ1v) is 13.7. The van der Waals surface area contributed by atoms with E-state index in [-0.39, 0.29) is 17.1 Å². The second-order valence-electron chi connectivity index (χ2n) is 9.67. The smallest absolute Gasteiger partial charge is 0.0279 e. The van der Waals surface area contributed by atoms with Crippen molar-refractivity contribution in [2.24, 2.45) is 5.92 Å². The van der Waals surface area contributed by atoms with Crippen LogP contribution in [-0.2, 0) is 17.1 Å². The molecule has 2 aliphatic carbocycles. The van der Waals surface area contributed by atoms with Gasteiger partial charge in [-0.2, -0.15) is 0 Å². The Balaban J connectivity index is 0.000000568.